The molecule has 3 N–H and O–H groups in total. The quantitative estimate of drug-likeness (QED) is 0.873. The minimum absolute atomic E-state index is 0. The molecular formula is C16H25ClN2O. The van der Waals surface area contributed by atoms with E-state index in [1.807, 2.05) is 12.1 Å². The third-order valence-electron chi connectivity index (χ3n) is 3.88. The van der Waals surface area contributed by atoms with Crippen molar-refractivity contribution in [2.45, 2.75) is 51.5 Å². The maximum absolute atomic E-state index is 12.1. The Morgan fingerprint density at radius 3 is 2.55 bits per heavy atom. The summed E-state index contributed by atoms with van der Waals surface area (Å²) in [5, 5.41) is 2.99. The van der Waals surface area contributed by atoms with Crippen LogP contribution in [0.15, 0.2) is 24.3 Å². The lowest BCUT2D eigenvalue weighted by molar-refractivity contribution is -0.119. The second kappa shape index (κ2) is 8.28. The normalized spacial score (nSPS) is 21.3. The van der Waals surface area contributed by atoms with E-state index in [1.54, 1.807) is 0 Å². The van der Waals surface area contributed by atoms with Gasteiger partial charge in [-0.05, 0) is 49.8 Å². The van der Waals surface area contributed by atoms with E-state index in [9.17, 15) is 4.79 Å². The van der Waals surface area contributed by atoms with E-state index in [0.29, 0.717) is 0 Å². The minimum Gasteiger partial charge on any atom is -0.328 e. The van der Waals surface area contributed by atoms with Crippen LogP contribution in [0.1, 0.15) is 44.6 Å². The van der Waals surface area contributed by atoms with Crippen LogP contribution in [0.3, 0.4) is 0 Å². The Morgan fingerprint density at radius 2 is 2.00 bits per heavy atom. The van der Waals surface area contributed by atoms with Crippen molar-refractivity contribution in [1.29, 1.82) is 0 Å². The van der Waals surface area contributed by atoms with Crippen LogP contribution < -0.4 is 11.1 Å². The number of unbranched alkanes of at least 4 members (excludes halogenated alkanes) is 1. The highest BCUT2D eigenvalue weighted by atomic mass is 35.5. The van der Waals surface area contributed by atoms with Gasteiger partial charge in [0.15, 0.2) is 0 Å². The average Bonchev–Trinajstić information content (AvgIpc) is 2.85. The van der Waals surface area contributed by atoms with Crippen molar-refractivity contribution in [2.75, 3.05) is 5.32 Å². The molecule has 0 bridgehead atoms. The number of halogens is 1. The van der Waals surface area contributed by atoms with E-state index in [2.05, 4.69) is 24.4 Å². The summed E-state index contributed by atoms with van der Waals surface area (Å²) in [6.07, 6.45) is 6.24. The Morgan fingerprint density at radius 1 is 1.30 bits per heavy atom. The van der Waals surface area contributed by atoms with Crippen molar-refractivity contribution in [2.24, 2.45) is 11.7 Å². The molecule has 0 spiro atoms. The first-order chi connectivity index (χ1) is 9.19. The third kappa shape index (κ3) is 4.80. The summed E-state index contributed by atoms with van der Waals surface area (Å²) in [6, 6.07) is 8.40. The molecule has 1 amide bonds. The van der Waals surface area contributed by atoms with Crippen molar-refractivity contribution in [3.8, 4) is 0 Å². The van der Waals surface area contributed by atoms with Gasteiger partial charge in [0.05, 0.1) is 0 Å². The molecule has 0 heterocycles. The topological polar surface area (TPSA) is 55.1 Å². The molecule has 1 aromatic rings. The van der Waals surface area contributed by atoms with Crippen LogP contribution in [0.4, 0.5) is 5.69 Å². The molecule has 3 nitrogen and oxygen atoms in total. The summed E-state index contributed by atoms with van der Waals surface area (Å²) in [7, 11) is 0. The van der Waals surface area contributed by atoms with Gasteiger partial charge in [-0.3, -0.25) is 4.79 Å². The number of hydrogen-bond donors (Lipinski definition) is 2. The van der Waals surface area contributed by atoms with E-state index >= 15 is 0 Å². The van der Waals surface area contributed by atoms with Crippen LogP contribution in [0.25, 0.3) is 0 Å². The van der Waals surface area contributed by atoms with Gasteiger partial charge in [0.2, 0.25) is 5.91 Å². The first-order valence-corrected chi connectivity index (χ1v) is 7.34. The number of nitrogens with one attached hydrogen (secondary N) is 1. The zero-order valence-corrected chi connectivity index (χ0v) is 12.9. The van der Waals surface area contributed by atoms with Gasteiger partial charge >= 0.3 is 0 Å². The monoisotopic (exact) mass is 296 g/mol. The smallest absolute Gasteiger partial charge is 0.227 e. The summed E-state index contributed by atoms with van der Waals surface area (Å²) in [6.45, 7) is 2.20. The second-order valence-electron chi connectivity index (χ2n) is 5.56. The summed E-state index contributed by atoms with van der Waals surface area (Å²) in [5.41, 5.74) is 8.07. The van der Waals surface area contributed by atoms with Crippen molar-refractivity contribution < 1.29 is 4.79 Å². The summed E-state index contributed by atoms with van der Waals surface area (Å²) >= 11 is 0. The Kier molecular flexibility index (Phi) is 7.03. The molecule has 1 aromatic carbocycles. The van der Waals surface area contributed by atoms with Crippen molar-refractivity contribution in [3.05, 3.63) is 29.8 Å². The fourth-order valence-electron chi connectivity index (χ4n) is 2.63. The molecule has 0 saturated heterocycles. The molecule has 2 rings (SSSR count). The van der Waals surface area contributed by atoms with Gasteiger partial charge in [0.1, 0.15) is 0 Å². The Hall–Kier alpha value is -1.06. The van der Waals surface area contributed by atoms with Gasteiger partial charge in [-0.15, -0.1) is 12.4 Å². The van der Waals surface area contributed by atoms with Crippen LogP contribution in [0.2, 0.25) is 0 Å². The Balaban J connectivity index is 0.00000200. The lowest BCUT2D eigenvalue weighted by atomic mass is 10.1. The van der Waals surface area contributed by atoms with E-state index < -0.39 is 0 Å². The fraction of sp³-hybridized carbons (Fsp3) is 0.562. The van der Waals surface area contributed by atoms with E-state index in [0.717, 1.165) is 31.4 Å². The molecule has 2 atom stereocenters. The molecular weight excluding hydrogens is 272 g/mol. The van der Waals surface area contributed by atoms with Crippen LogP contribution in [-0.4, -0.2) is 11.9 Å². The predicted molar refractivity (Wildman–Crippen MR) is 86.2 cm³/mol. The number of amides is 1. The van der Waals surface area contributed by atoms with Gasteiger partial charge in [0.25, 0.3) is 0 Å². The first-order valence-electron chi connectivity index (χ1n) is 7.34. The summed E-state index contributed by atoms with van der Waals surface area (Å²) in [5.74, 6) is 0.212. The SMILES string of the molecule is CCCCc1ccc(NC(=O)C2CCC(N)C2)cc1.Cl. The number of benzene rings is 1. The molecule has 1 fully saturated rings. The molecule has 0 aliphatic heterocycles. The lowest BCUT2D eigenvalue weighted by Crippen LogP contribution is -2.23. The van der Waals surface area contributed by atoms with Gasteiger partial charge in [0, 0.05) is 17.6 Å². The maximum Gasteiger partial charge on any atom is 0.227 e. The van der Waals surface area contributed by atoms with Crippen LogP contribution in [0, 0.1) is 5.92 Å². The number of carbonyl (C=O) groups excluding carboxylic acids is 1. The van der Waals surface area contributed by atoms with Gasteiger partial charge in [-0.25, -0.2) is 0 Å². The average molecular weight is 297 g/mol. The highest BCUT2D eigenvalue weighted by molar-refractivity contribution is 5.92. The molecule has 0 radical (unpaired) electrons. The number of rotatable bonds is 5. The zero-order chi connectivity index (χ0) is 13.7. The zero-order valence-electron chi connectivity index (χ0n) is 12.1. The molecule has 20 heavy (non-hydrogen) atoms. The number of carbonyl (C=O) groups is 1. The van der Waals surface area contributed by atoms with Gasteiger partial charge < -0.3 is 11.1 Å². The molecule has 1 aliphatic rings. The summed E-state index contributed by atoms with van der Waals surface area (Å²) in [4.78, 5) is 12.1. The highest BCUT2D eigenvalue weighted by Gasteiger charge is 2.27. The van der Waals surface area contributed by atoms with Gasteiger partial charge in [-0.2, -0.15) is 0 Å². The predicted octanol–water partition coefficient (Wildman–Crippen LogP) is 3.52. The van der Waals surface area contributed by atoms with Crippen LogP contribution >= 0.6 is 12.4 Å². The number of aryl methyl sites for hydroxylation is 1. The third-order valence-corrected chi connectivity index (χ3v) is 3.88. The standard InChI is InChI=1S/C16H24N2O.ClH/c1-2-3-4-12-5-9-15(10-6-12)18-16(19)13-7-8-14(17)11-13;/h5-6,9-10,13-14H,2-4,7-8,11,17H2,1H3,(H,18,19);1H. The number of hydrogen-bond acceptors (Lipinski definition) is 2. The Bertz CT molecular complexity index is 419. The largest absolute Gasteiger partial charge is 0.328 e. The van der Waals surface area contributed by atoms with Crippen molar-refractivity contribution >= 4 is 24.0 Å². The molecule has 1 saturated carbocycles. The Labute approximate surface area is 127 Å². The fourth-order valence-corrected chi connectivity index (χ4v) is 2.63. The van der Waals surface area contributed by atoms with Gasteiger partial charge in [-0.1, -0.05) is 25.5 Å². The second-order valence-corrected chi connectivity index (χ2v) is 5.56. The number of anilines is 1. The highest BCUT2D eigenvalue weighted by Crippen LogP contribution is 2.25. The molecule has 1 aliphatic carbocycles. The first kappa shape index (κ1) is 17.0. The van der Waals surface area contributed by atoms with Crippen LogP contribution in [0.5, 0.6) is 0 Å². The van der Waals surface area contributed by atoms with Crippen LogP contribution in [-0.2, 0) is 11.2 Å². The molecule has 0 aromatic heterocycles. The molecule has 4 heteroatoms. The maximum atomic E-state index is 12.1. The summed E-state index contributed by atoms with van der Waals surface area (Å²) < 4.78 is 0. The molecule has 2 unspecified atom stereocenters. The van der Waals surface area contributed by atoms with E-state index in [4.69, 9.17) is 5.73 Å². The number of nitrogens with two attached hydrogens (primary N) is 1. The van der Waals surface area contributed by atoms with E-state index in [1.165, 1.54) is 18.4 Å². The van der Waals surface area contributed by atoms with Crippen molar-refractivity contribution in [3.63, 3.8) is 0 Å². The molecule has 112 valence electrons. The lowest BCUT2D eigenvalue weighted by Gasteiger charge is -2.11. The van der Waals surface area contributed by atoms with E-state index in [-0.39, 0.29) is 30.3 Å². The minimum atomic E-state index is 0. The van der Waals surface area contributed by atoms with Crippen molar-refractivity contribution in [1.82, 2.24) is 0 Å².